The summed E-state index contributed by atoms with van der Waals surface area (Å²) in [7, 11) is -2.43. The molecule has 2 aromatic rings. The zero-order valence-corrected chi connectivity index (χ0v) is 22.3. The van der Waals surface area contributed by atoms with Crippen LogP contribution < -0.4 is 10.6 Å². The standard InChI is InChI=1S/C34H18OP2/c1-7-10-13-16-23-36(6)32-26-28(4)19-21-30(32)34(35)31-22-20-29(5)27-33(31)37(24-17-14-11-8-2)25-18-15-12-9-3/h1-3,19-22,26-27H,4-6H3. The van der Waals surface area contributed by atoms with Gasteiger partial charge in [-0.15, -0.1) is 19.3 Å². The average Bonchev–Trinajstić information content (AvgIpc) is 2.89. The lowest BCUT2D eigenvalue weighted by Gasteiger charge is -2.16. The van der Waals surface area contributed by atoms with E-state index in [0.29, 0.717) is 16.4 Å². The van der Waals surface area contributed by atoms with Gasteiger partial charge in [0.2, 0.25) is 0 Å². The van der Waals surface area contributed by atoms with Crippen LogP contribution in [0.15, 0.2) is 36.4 Å². The largest absolute Gasteiger partial charge is 0.289 e. The second-order valence-corrected chi connectivity index (χ2v) is 10.6. The van der Waals surface area contributed by atoms with Crippen molar-refractivity contribution < 1.29 is 4.79 Å². The van der Waals surface area contributed by atoms with Crippen LogP contribution in [0.25, 0.3) is 0 Å². The lowest BCUT2D eigenvalue weighted by atomic mass is 10.0. The minimum absolute atomic E-state index is 0.142. The van der Waals surface area contributed by atoms with Gasteiger partial charge in [0.15, 0.2) is 5.78 Å². The van der Waals surface area contributed by atoms with Gasteiger partial charge in [-0.3, -0.25) is 4.79 Å². The molecule has 0 radical (unpaired) electrons. The van der Waals surface area contributed by atoms with Crippen molar-refractivity contribution in [1.82, 2.24) is 0 Å². The minimum atomic E-state index is -1.44. The molecule has 1 nitrogen and oxygen atoms in total. The summed E-state index contributed by atoms with van der Waals surface area (Å²) in [5.41, 5.74) is 12.3. The van der Waals surface area contributed by atoms with E-state index in [1.54, 1.807) is 6.07 Å². The highest BCUT2D eigenvalue weighted by molar-refractivity contribution is 7.75. The summed E-state index contributed by atoms with van der Waals surface area (Å²) in [6, 6.07) is 11.3. The molecular weight excluding hydrogens is 486 g/mol. The molecule has 2 aromatic carbocycles. The molecule has 0 N–H and O–H groups in total. The number of aryl methyl sites for hydroxylation is 2. The lowest BCUT2D eigenvalue weighted by molar-refractivity contribution is 0.104. The maximum absolute atomic E-state index is 14.0. The van der Waals surface area contributed by atoms with Crippen molar-refractivity contribution in [2.45, 2.75) is 13.8 Å². The number of carbonyl (C=O) groups excluding carboxylic acids is 1. The van der Waals surface area contributed by atoms with Crippen LogP contribution in [-0.2, 0) is 0 Å². The molecule has 0 bridgehead atoms. The maximum Gasteiger partial charge on any atom is 0.194 e. The summed E-state index contributed by atoms with van der Waals surface area (Å²) >= 11 is 0. The Kier molecular flexibility index (Phi) is 11.5. The van der Waals surface area contributed by atoms with Crippen LogP contribution in [0.2, 0.25) is 0 Å². The smallest absolute Gasteiger partial charge is 0.194 e. The Labute approximate surface area is 223 Å². The highest BCUT2D eigenvalue weighted by Crippen LogP contribution is 2.35. The zero-order valence-electron chi connectivity index (χ0n) is 20.5. The topological polar surface area (TPSA) is 17.1 Å². The molecule has 0 saturated heterocycles. The molecular formula is C34H18OP2. The van der Waals surface area contributed by atoms with Crippen LogP contribution in [0.1, 0.15) is 27.0 Å². The second-order valence-electron chi connectivity index (χ2n) is 7.16. The summed E-state index contributed by atoms with van der Waals surface area (Å²) in [5.74, 6) is 30.1. The van der Waals surface area contributed by atoms with Gasteiger partial charge < -0.3 is 0 Å². The van der Waals surface area contributed by atoms with Crippen molar-refractivity contribution in [3.05, 3.63) is 58.7 Å². The van der Waals surface area contributed by atoms with E-state index in [9.17, 15) is 4.79 Å². The fourth-order valence-electron chi connectivity index (χ4n) is 2.97. The Balaban J connectivity index is 2.71. The number of hydrogen-bond donors (Lipinski definition) is 0. The van der Waals surface area contributed by atoms with Crippen molar-refractivity contribution >= 4 is 32.2 Å². The predicted molar refractivity (Wildman–Crippen MR) is 158 cm³/mol. The fraction of sp³-hybridized carbons (Fsp3) is 0.0882. The van der Waals surface area contributed by atoms with Gasteiger partial charge in [-0.2, -0.15) is 0 Å². The van der Waals surface area contributed by atoms with Gasteiger partial charge in [-0.1, -0.05) is 41.1 Å². The van der Waals surface area contributed by atoms with Crippen LogP contribution in [-0.4, -0.2) is 12.4 Å². The zero-order chi connectivity index (χ0) is 27.0. The molecule has 1 unspecified atom stereocenters. The van der Waals surface area contributed by atoms with Crippen LogP contribution in [0.3, 0.4) is 0 Å². The van der Waals surface area contributed by atoms with Crippen LogP contribution in [0, 0.1) is 121 Å². The minimum Gasteiger partial charge on any atom is -0.289 e. The van der Waals surface area contributed by atoms with E-state index >= 15 is 0 Å². The normalized spacial score (nSPS) is 8.89. The fourth-order valence-corrected chi connectivity index (χ4v) is 5.63. The Morgan fingerprint density at radius 3 is 1.54 bits per heavy atom. The quantitative estimate of drug-likeness (QED) is 0.347. The Morgan fingerprint density at radius 2 is 1.05 bits per heavy atom. The van der Waals surface area contributed by atoms with Gasteiger partial charge in [0.05, 0.1) is 7.92 Å². The van der Waals surface area contributed by atoms with Crippen molar-refractivity contribution in [1.29, 1.82) is 0 Å². The van der Waals surface area contributed by atoms with E-state index in [-0.39, 0.29) is 5.78 Å². The summed E-state index contributed by atoms with van der Waals surface area (Å²) in [5, 5.41) is 1.57. The third kappa shape index (κ3) is 8.62. The first-order valence-electron chi connectivity index (χ1n) is 10.6. The molecule has 2 rings (SSSR count). The van der Waals surface area contributed by atoms with Gasteiger partial charge in [-0.25, -0.2) is 0 Å². The van der Waals surface area contributed by atoms with Crippen LogP contribution in [0.5, 0.6) is 0 Å². The van der Waals surface area contributed by atoms with Crippen LogP contribution >= 0.6 is 15.8 Å². The SMILES string of the molecule is C#CC#CC#CP(C)c1cc(C)ccc1C(=O)c1ccc(C)cc1P(C#CC#CC#C)C#CC#CC#C. The molecule has 0 saturated carbocycles. The van der Waals surface area contributed by atoms with E-state index < -0.39 is 15.8 Å². The predicted octanol–water partition coefficient (Wildman–Crippen LogP) is 4.17. The summed E-state index contributed by atoms with van der Waals surface area (Å²) < 4.78 is 0. The number of hydrogen-bond acceptors (Lipinski definition) is 1. The summed E-state index contributed by atoms with van der Waals surface area (Å²) in [6.45, 7) is 5.90. The van der Waals surface area contributed by atoms with E-state index in [4.69, 9.17) is 19.3 Å². The van der Waals surface area contributed by atoms with Gasteiger partial charge in [0.1, 0.15) is 0 Å². The first-order valence-corrected chi connectivity index (χ1v) is 13.7. The monoisotopic (exact) mass is 504 g/mol. The van der Waals surface area contributed by atoms with E-state index in [0.717, 1.165) is 16.4 Å². The third-order valence-corrected chi connectivity index (χ3v) is 7.61. The molecule has 0 aromatic heterocycles. The number of terminal acetylenes is 3. The van der Waals surface area contributed by atoms with Crippen LogP contribution in [0.4, 0.5) is 0 Å². The highest BCUT2D eigenvalue weighted by atomic mass is 31.1. The van der Waals surface area contributed by atoms with Crippen molar-refractivity contribution in [2.75, 3.05) is 6.66 Å². The molecule has 0 aliphatic carbocycles. The molecule has 0 spiro atoms. The van der Waals surface area contributed by atoms with E-state index in [1.165, 1.54) is 0 Å². The number of rotatable bonds is 4. The first-order chi connectivity index (χ1) is 17.9. The van der Waals surface area contributed by atoms with Crippen molar-refractivity contribution in [2.24, 2.45) is 0 Å². The molecule has 0 aliphatic rings. The molecule has 0 amide bonds. The summed E-state index contributed by atoms with van der Waals surface area (Å²) in [4.78, 5) is 14.0. The molecule has 1 atom stereocenters. The maximum atomic E-state index is 14.0. The summed E-state index contributed by atoms with van der Waals surface area (Å²) in [6.07, 6.45) is 15.5. The molecule has 0 aliphatic heterocycles. The van der Waals surface area contributed by atoms with Crippen molar-refractivity contribution in [3.8, 4) is 107 Å². The van der Waals surface area contributed by atoms with Gasteiger partial charge in [-0.05, 0) is 120 Å². The van der Waals surface area contributed by atoms with Gasteiger partial charge in [0, 0.05) is 24.4 Å². The lowest BCUT2D eigenvalue weighted by Crippen LogP contribution is -2.20. The molecule has 0 fully saturated rings. The Bertz CT molecular complexity index is 1700. The highest BCUT2D eigenvalue weighted by Gasteiger charge is 2.22. The number of benzene rings is 2. The molecule has 0 heterocycles. The number of carbonyl (C=O) groups is 1. The third-order valence-electron chi connectivity index (χ3n) is 4.55. The van der Waals surface area contributed by atoms with Gasteiger partial charge >= 0.3 is 0 Å². The van der Waals surface area contributed by atoms with E-state index in [2.05, 4.69) is 88.0 Å². The molecule has 170 valence electrons. The Morgan fingerprint density at radius 1 is 0.622 bits per heavy atom. The average molecular weight is 504 g/mol. The molecule has 37 heavy (non-hydrogen) atoms. The second kappa shape index (κ2) is 15.1. The van der Waals surface area contributed by atoms with Gasteiger partial charge in [0.25, 0.3) is 0 Å². The van der Waals surface area contributed by atoms with E-state index in [1.807, 2.05) is 50.8 Å². The number of ketones is 1. The Hall–Kier alpha value is -4.99. The van der Waals surface area contributed by atoms with Crippen molar-refractivity contribution in [3.63, 3.8) is 0 Å². The molecule has 3 heteroatoms. The first kappa shape index (κ1) is 28.2.